The van der Waals surface area contributed by atoms with Gasteiger partial charge in [0, 0.05) is 0 Å². The summed E-state index contributed by atoms with van der Waals surface area (Å²) in [5.74, 6) is 1.71. The van der Waals surface area contributed by atoms with Gasteiger partial charge >= 0.3 is 23.1 Å². The van der Waals surface area contributed by atoms with Crippen molar-refractivity contribution < 1.29 is 0 Å². The predicted octanol–water partition coefficient (Wildman–Crippen LogP) is 2.69. The second kappa shape index (κ2) is 12.3. The van der Waals surface area contributed by atoms with E-state index in [1.165, 1.54) is 6.42 Å². The van der Waals surface area contributed by atoms with Crippen molar-refractivity contribution in [2.24, 2.45) is 5.92 Å². The maximum absolute atomic E-state index is 4.73. The molecule has 0 heterocycles. The van der Waals surface area contributed by atoms with Gasteiger partial charge in [0.1, 0.15) is 0 Å². The standard InChI is InChI=1S/C6H5.C5H12S.Mg/c1-2-4-6-5-3-1;1-5(2)3-4-6;/h1-5H;5-6H,3-4H2,1-2H3;/q-1;;+2/p-1. The van der Waals surface area contributed by atoms with Gasteiger partial charge in [-0.25, -0.2) is 0 Å². The van der Waals surface area contributed by atoms with E-state index in [4.69, 9.17) is 12.6 Å². The summed E-state index contributed by atoms with van der Waals surface area (Å²) in [4.78, 5) is 0. The summed E-state index contributed by atoms with van der Waals surface area (Å²) in [7, 11) is 0. The zero-order chi connectivity index (χ0) is 9.23. The van der Waals surface area contributed by atoms with E-state index in [-0.39, 0.29) is 23.1 Å². The molecule has 0 nitrogen and oxygen atoms in total. The van der Waals surface area contributed by atoms with E-state index < -0.39 is 0 Å². The minimum absolute atomic E-state index is 0. The molecule has 0 aromatic heterocycles. The fourth-order valence-electron chi connectivity index (χ4n) is 0.578. The first-order chi connectivity index (χ1) is 5.77. The summed E-state index contributed by atoms with van der Waals surface area (Å²) >= 11 is 4.73. The summed E-state index contributed by atoms with van der Waals surface area (Å²) in [6.07, 6.45) is 1.19. The van der Waals surface area contributed by atoms with Crippen molar-refractivity contribution in [1.29, 1.82) is 0 Å². The molecule has 0 saturated heterocycles. The van der Waals surface area contributed by atoms with Gasteiger partial charge in [0.15, 0.2) is 0 Å². The van der Waals surface area contributed by atoms with Crippen LogP contribution >= 0.6 is 0 Å². The first kappa shape index (κ1) is 15.8. The Morgan fingerprint density at radius 1 is 1.15 bits per heavy atom. The Bertz CT molecular complexity index is 136. The molecular weight excluding hydrogens is 188 g/mol. The van der Waals surface area contributed by atoms with Crippen LogP contribution in [0.3, 0.4) is 0 Å². The van der Waals surface area contributed by atoms with Crippen LogP contribution in [0, 0.1) is 12.0 Å². The van der Waals surface area contributed by atoms with E-state index in [1.54, 1.807) is 0 Å². The average Bonchev–Trinajstić information content (AvgIpc) is 2.08. The average molecular weight is 205 g/mol. The zero-order valence-electron chi connectivity index (χ0n) is 8.49. The molecule has 2 heteroatoms. The monoisotopic (exact) mass is 204 g/mol. The van der Waals surface area contributed by atoms with Crippen molar-refractivity contribution in [1.82, 2.24) is 0 Å². The first-order valence-corrected chi connectivity index (χ1v) is 4.84. The Hall–Kier alpha value is 0.336. The van der Waals surface area contributed by atoms with Crippen LogP contribution in [0.4, 0.5) is 0 Å². The molecule has 0 amide bonds. The molecule has 0 unspecified atom stereocenters. The Morgan fingerprint density at radius 3 is 1.77 bits per heavy atom. The van der Waals surface area contributed by atoms with Gasteiger partial charge in [-0.1, -0.05) is 20.3 Å². The minimum Gasteiger partial charge on any atom is -0.793 e. The maximum atomic E-state index is 4.73. The summed E-state index contributed by atoms with van der Waals surface area (Å²) in [5, 5.41) is 0. The molecule has 0 N–H and O–H groups in total. The quantitative estimate of drug-likeness (QED) is 0.406. The molecule has 0 radical (unpaired) electrons. The first-order valence-electron chi connectivity index (χ1n) is 4.26. The van der Waals surface area contributed by atoms with Gasteiger partial charge in [0.05, 0.1) is 0 Å². The van der Waals surface area contributed by atoms with Crippen molar-refractivity contribution in [3.8, 4) is 0 Å². The molecule has 0 fully saturated rings. The van der Waals surface area contributed by atoms with Crippen LogP contribution in [-0.4, -0.2) is 28.8 Å². The molecule has 1 aromatic carbocycles. The Labute approximate surface area is 104 Å². The predicted molar refractivity (Wildman–Crippen MR) is 62.7 cm³/mol. The smallest absolute Gasteiger partial charge is 0.793 e. The second-order valence-electron chi connectivity index (χ2n) is 2.96. The van der Waals surface area contributed by atoms with Gasteiger partial charge < -0.3 is 12.6 Å². The number of benzene rings is 1. The zero-order valence-corrected chi connectivity index (χ0v) is 10.7. The third-order valence-electron chi connectivity index (χ3n) is 1.30. The van der Waals surface area contributed by atoms with Crippen LogP contribution in [0.2, 0.25) is 0 Å². The van der Waals surface area contributed by atoms with Gasteiger partial charge in [-0.05, 0) is 5.92 Å². The molecule has 0 atom stereocenters. The van der Waals surface area contributed by atoms with Crippen LogP contribution in [0.15, 0.2) is 30.3 Å². The van der Waals surface area contributed by atoms with Crippen molar-refractivity contribution in [3.63, 3.8) is 0 Å². The molecular formula is C11H16MgS. The molecule has 0 aliphatic rings. The topological polar surface area (TPSA) is 0 Å². The molecule has 13 heavy (non-hydrogen) atoms. The Balaban J connectivity index is 0. The fraction of sp³-hybridized carbons (Fsp3) is 0.455. The van der Waals surface area contributed by atoms with Crippen molar-refractivity contribution in [2.75, 3.05) is 5.75 Å². The van der Waals surface area contributed by atoms with Crippen molar-refractivity contribution >= 4 is 35.7 Å². The summed E-state index contributed by atoms with van der Waals surface area (Å²) < 4.78 is 0. The van der Waals surface area contributed by atoms with E-state index >= 15 is 0 Å². The van der Waals surface area contributed by atoms with Crippen molar-refractivity contribution in [3.05, 3.63) is 36.4 Å². The molecule has 0 aliphatic heterocycles. The van der Waals surface area contributed by atoms with Crippen LogP contribution in [0.25, 0.3) is 0 Å². The Kier molecular flexibility index (Phi) is 15.0. The minimum atomic E-state index is 0. The van der Waals surface area contributed by atoms with E-state index in [2.05, 4.69) is 19.9 Å². The summed E-state index contributed by atoms with van der Waals surface area (Å²) in [6, 6.07) is 12.5. The normalized spacial score (nSPS) is 8.31. The van der Waals surface area contributed by atoms with Crippen LogP contribution in [-0.2, 0) is 12.6 Å². The number of rotatable bonds is 2. The van der Waals surface area contributed by atoms with Crippen LogP contribution in [0.5, 0.6) is 0 Å². The van der Waals surface area contributed by atoms with E-state index in [0.717, 1.165) is 11.7 Å². The maximum Gasteiger partial charge on any atom is 2.00 e. The van der Waals surface area contributed by atoms with E-state index in [0.29, 0.717) is 0 Å². The van der Waals surface area contributed by atoms with Gasteiger partial charge in [-0.3, -0.25) is 0 Å². The third-order valence-corrected chi connectivity index (χ3v) is 1.54. The molecule has 0 aliphatic carbocycles. The second-order valence-corrected chi connectivity index (χ2v) is 3.37. The molecule has 0 saturated carbocycles. The largest absolute Gasteiger partial charge is 2.00 e. The van der Waals surface area contributed by atoms with E-state index in [1.807, 2.05) is 30.3 Å². The van der Waals surface area contributed by atoms with Crippen LogP contribution in [0.1, 0.15) is 20.3 Å². The summed E-state index contributed by atoms with van der Waals surface area (Å²) in [6.45, 7) is 4.37. The van der Waals surface area contributed by atoms with E-state index in [9.17, 15) is 0 Å². The number of hydrogen-bond acceptors (Lipinski definition) is 1. The van der Waals surface area contributed by atoms with Gasteiger partial charge in [0.2, 0.25) is 0 Å². The fourth-order valence-corrected chi connectivity index (χ4v) is 1.05. The third kappa shape index (κ3) is 15.1. The van der Waals surface area contributed by atoms with Crippen LogP contribution < -0.4 is 0 Å². The SMILES string of the molecule is CC(C)CC[S-].[Mg+2].[c-]1ccccc1. The van der Waals surface area contributed by atoms with Gasteiger partial charge in [-0.15, -0.1) is 0 Å². The summed E-state index contributed by atoms with van der Waals surface area (Å²) in [5.41, 5.74) is 0. The Morgan fingerprint density at radius 2 is 1.69 bits per heavy atom. The van der Waals surface area contributed by atoms with Gasteiger partial charge in [-0.2, -0.15) is 42.2 Å². The molecule has 0 spiro atoms. The molecule has 1 aromatic rings. The molecule has 0 bridgehead atoms. The number of hydrogen-bond donors (Lipinski definition) is 0. The van der Waals surface area contributed by atoms with Crippen molar-refractivity contribution in [2.45, 2.75) is 20.3 Å². The molecule has 1 rings (SSSR count). The van der Waals surface area contributed by atoms with Gasteiger partial charge in [0.25, 0.3) is 0 Å². The molecule has 68 valence electrons.